The molecule has 0 aromatic rings. The second kappa shape index (κ2) is 4.95. The van der Waals surface area contributed by atoms with E-state index in [0.717, 1.165) is 12.8 Å². The number of carboxylic acids is 1. The van der Waals surface area contributed by atoms with E-state index in [1.807, 2.05) is 0 Å². The Hall–Kier alpha value is -1.10. The maximum Gasteiger partial charge on any atom is 0.310 e. The lowest BCUT2D eigenvalue weighted by atomic mass is 10.00. The molecule has 0 bridgehead atoms. The first-order chi connectivity index (χ1) is 6.65. The largest absolute Gasteiger partial charge is 0.481 e. The monoisotopic (exact) mass is 200 g/mol. The molecule has 5 nitrogen and oxygen atoms in total. The van der Waals surface area contributed by atoms with E-state index in [-0.39, 0.29) is 11.8 Å². The first kappa shape index (κ1) is 11.0. The average molecular weight is 200 g/mol. The first-order valence-corrected chi connectivity index (χ1v) is 4.85. The fourth-order valence-electron chi connectivity index (χ4n) is 1.42. The van der Waals surface area contributed by atoms with Gasteiger partial charge in [0.1, 0.15) is 0 Å². The van der Waals surface area contributed by atoms with Crippen molar-refractivity contribution in [2.75, 3.05) is 19.6 Å². The van der Waals surface area contributed by atoms with Gasteiger partial charge in [0.15, 0.2) is 0 Å². The number of hydrogen-bond donors (Lipinski definition) is 2. The fourth-order valence-corrected chi connectivity index (χ4v) is 1.42. The topological polar surface area (TPSA) is 83.6 Å². The van der Waals surface area contributed by atoms with Crippen molar-refractivity contribution < 1.29 is 14.7 Å². The fraction of sp³-hybridized carbons (Fsp3) is 0.778. The summed E-state index contributed by atoms with van der Waals surface area (Å²) in [6, 6.07) is 0. The molecular formula is C9H16N2O3. The van der Waals surface area contributed by atoms with Crippen LogP contribution in [0.5, 0.6) is 0 Å². The van der Waals surface area contributed by atoms with Gasteiger partial charge in [-0.15, -0.1) is 0 Å². The summed E-state index contributed by atoms with van der Waals surface area (Å²) < 4.78 is 0. The third-order valence-corrected chi connectivity index (χ3v) is 2.43. The van der Waals surface area contributed by atoms with Gasteiger partial charge in [-0.1, -0.05) is 0 Å². The average Bonchev–Trinajstić information content (AvgIpc) is 2.01. The normalized spacial score (nSPS) is 16.5. The van der Waals surface area contributed by atoms with Gasteiger partial charge in [0.2, 0.25) is 5.91 Å². The number of rotatable bonds is 5. The third-order valence-electron chi connectivity index (χ3n) is 2.43. The predicted octanol–water partition coefficient (Wildman–Crippen LogP) is -0.342. The molecule has 14 heavy (non-hydrogen) atoms. The van der Waals surface area contributed by atoms with Gasteiger partial charge in [0, 0.05) is 19.5 Å². The Bertz CT molecular complexity index is 224. The highest BCUT2D eigenvalue weighted by Crippen LogP contribution is 2.17. The van der Waals surface area contributed by atoms with Crippen molar-refractivity contribution >= 4 is 11.9 Å². The Kier molecular flexibility index (Phi) is 3.88. The molecule has 0 saturated carbocycles. The van der Waals surface area contributed by atoms with Crippen molar-refractivity contribution in [3.63, 3.8) is 0 Å². The number of likely N-dealkylation sites (tertiary alicyclic amines) is 1. The zero-order valence-electron chi connectivity index (χ0n) is 8.11. The van der Waals surface area contributed by atoms with Crippen LogP contribution in [0.25, 0.3) is 0 Å². The molecule has 1 amide bonds. The van der Waals surface area contributed by atoms with Crippen molar-refractivity contribution in [3.05, 3.63) is 0 Å². The standard InChI is InChI=1S/C9H16N2O3/c10-4-2-1-3-8(12)11-5-7(6-11)9(13)14/h7H,1-6,10H2,(H,13,14). The summed E-state index contributed by atoms with van der Waals surface area (Å²) in [5.41, 5.74) is 5.30. The number of carboxylic acid groups (broad SMARTS) is 1. The van der Waals surface area contributed by atoms with Gasteiger partial charge in [-0.2, -0.15) is 0 Å². The van der Waals surface area contributed by atoms with Crippen LogP contribution in [0.15, 0.2) is 0 Å². The Morgan fingerprint density at radius 2 is 2.00 bits per heavy atom. The number of hydrogen-bond acceptors (Lipinski definition) is 3. The van der Waals surface area contributed by atoms with Crippen molar-refractivity contribution in [2.24, 2.45) is 11.7 Å². The van der Waals surface area contributed by atoms with Gasteiger partial charge >= 0.3 is 5.97 Å². The smallest absolute Gasteiger partial charge is 0.310 e. The van der Waals surface area contributed by atoms with E-state index < -0.39 is 5.97 Å². The number of nitrogens with two attached hydrogens (primary N) is 1. The van der Waals surface area contributed by atoms with Gasteiger partial charge in [0.25, 0.3) is 0 Å². The molecule has 1 heterocycles. The summed E-state index contributed by atoms with van der Waals surface area (Å²) in [7, 11) is 0. The molecular weight excluding hydrogens is 184 g/mol. The van der Waals surface area contributed by atoms with E-state index in [9.17, 15) is 9.59 Å². The van der Waals surface area contributed by atoms with Crippen LogP contribution in [0.3, 0.4) is 0 Å². The molecule has 0 aliphatic carbocycles. The molecule has 1 aliphatic rings. The number of amides is 1. The van der Waals surface area contributed by atoms with Crippen LogP contribution in [0, 0.1) is 5.92 Å². The van der Waals surface area contributed by atoms with E-state index >= 15 is 0 Å². The number of carbonyl (C=O) groups excluding carboxylic acids is 1. The molecule has 0 atom stereocenters. The van der Waals surface area contributed by atoms with Crippen LogP contribution >= 0.6 is 0 Å². The molecule has 0 aromatic carbocycles. The molecule has 0 radical (unpaired) electrons. The van der Waals surface area contributed by atoms with Gasteiger partial charge in [-0.3, -0.25) is 9.59 Å². The molecule has 1 saturated heterocycles. The second-order valence-corrected chi connectivity index (χ2v) is 3.58. The van der Waals surface area contributed by atoms with Crippen LogP contribution in [-0.2, 0) is 9.59 Å². The Labute approximate surface area is 82.9 Å². The van der Waals surface area contributed by atoms with E-state index in [0.29, 0.717) is 26.1 Å². The molecule has 5 heteroatoms. The minimum absolute atomic E-state index is 0.0518. The number of unbranched alkanes of at least 4 members (excludes halogenated alkanes) is 1. The Morgan fingerprint density at radius 1 is 1.36 bits per heavy atom. The predicted molar refractivity (Wildman–Crippen MR) is 50.6 cm³/mol. The summed E-state index contributed by atoms with van der Waals surface area (Å²) in [4.78, 5) is 23.4. The number of aliphatic carboxylic acids is 1. The van der Waals surface area contributed by atoms with Gasteiger partial charge in [-0.05, 0) is 19.4 Å². The van der Waals surface area contributed by atoms with Crippen LogP contribution in [0.1, 0.15) is 19.3 Å². The molecule has 80 valence electrons. The highest BCUT2D eigenvalue weighted by Gasteiger charge is 2.34. The molecule has 0 spiro atoms. The molecule has 1 aliphatic heterocycles. The van der Waals surface area contributed by atoms with Crippen LogP contribution in [0.4, 0.5) is 0 Å². The minimum Gasteiger partial charge on any atom is -0.481 e. The quantitative estimate of drug-likeness (QED) is 0.594. The highest BCUT2D eigenvalue weighted by atomic mass is 16.4. The third kappa shape index (κ3) is 2.70. The van der Waals surface area contributed by atoms with Gasteiger partial charge in [-0.25, -0.2) is 0 Å². The number of nitrogens with zero attached hydrogens (tertiary/aromatic N) is 1. The second-order valence-electron chi connectivity index (χ2n) is 3.58. The SMILES string of the molecule is NCCCCC(=O)N1CC(C(=O)O)C1. The summed E-state index contributed by atoms with van der Waals surface area (Å²) >= 11 is 0. The zero-order chi connectivity index (χ0) is 10.6. The molecule has 1 rings (SSSR count). The van der Waals surface area contributed by atoms with E-state index in [1.54, 1.807) is 4.90 Å². The van der Waals surface area contributed by atoms with E-state index in [2.05, 4.69) is 0 Å². The Morgan fingerprint density at radius 3 is 2.50 bits per heavy atom. The van der Waals surface area contributed by atoms with E-state index in [1.165, 1.54) is 0 Å². The van der Waals surface area contributed by atoms with E-state index in [4.69, 9.17) is 10.8 Å². The molecule has 1 fully saturated rings. The van der Waals surface area contributed by atoms with Gasteiger partial charge < -0.3 is 15.7 Å². The zero-order valence-corrected chi connectivity index (χ0v) is 8.11. The summed E-state index contributed by atoms with van der Waals surface area (Å²) in [5, 5.41) is 8.59. The first-order valence-electron chi connectivity index (χ1n) is 4.85. The number of carbonyl (C=O) groups is 2. The highest BCUT2D eigenvalue weighted by molar-refractivity contribution is 5.80. The van der Waals surface area contributed by atoms with Gasteiger partial charge in [0.05, 0.1) is 5.92 Å². The summed E-state index contributed by atoms with van der Waals surface area (Å²) in [5.74, 6) is -1.11. The summed E-state index contributed by atoms with van der Waals surface area (Å²) in [6.45, 7) is 1.35. The van der Waals surface area contributed by atoms with Crippen LogP contribution in [-0.4, -0.2) is 41.5 Å². The van der Waals surface area contributed by atoms with Crippen LogP contribution < -0.4 is 5.73 Å². The lowest BCUT2D eigenvalue weighted by Crippen LogP contribution is -2.52. The van der Waals surface area contributed by atoms with Crippen molar-refractivity contribution in [1.82, 2.24) is 4.90 Å². The van der Waals surface area contributed by atoms with Crippen molar-refractivity contribution in [2.45, 2.75) is 19.3 Å². The summed E-state index contributed by atoms with van der Waals surface area (Å²) in [6.07, 6.45) is 2.13. The lowest BCUT2D eigenvalue weighted by Gasteiger charge is -2.36. The minimum atomic E-state index is -0.809. The maximum absolute atomic E-state index is 11.4. The van der Waals surface area contributed by atoms with Crippen molar-refractivity contribution in [1.29, 1.82) is 0 Å². The van der Waals surface area contributed by atoms with Crippen LogP contribution in [0.2, 0.25) is 0 Å². The Balaban J connectivity index is 2.13. The maximum atomic E-state index is 11.4. The molecule has 0 unspecified atom stereocenters. The van der Waals surface area contributed by atoms with Crippen molar-refractivity contribution in [3.8, 4) is 0 Å². The lowest BCUT2D eigenvalue weighted by molar-refractivity contribution is -0.152. The molecule has 0 aromatic heterocycles. The molecule has 3 N–H and O–H groups in total.